The van der Waals surface area contributed by atoms with Gasteiger partial charge < -0.3 is 4.90 Å². The number of hydrogen-bond acceptors (Lipinski definition) is 4. The van der Waals surface area contributed by atoms with Crippen LogP contribution in [-0.4, -0.2) is 52.6 Å². The van der Waals surface area contributed by atoms with E-state index in [1.165, 1.54) is 18.4 Å². The van der Waals surface area contributed by atoms with Crippen molar-refractivity contribution in [2.45, 2.75) is 86.2 Å². The van der Waals surface area contributed by atoms with E-state index in [-0.39, 0.29) is 11.6 Å². The summed E-state index contributed by atoms with van der Waals surface area (Å²) in [6.07, 6.45) is 5.59. The van der Waals surface area contributed by atoms with Crippen molar-refractivity contribution in [2.75, 3.05) is 33.2 Å². The first-order chi connectivity index (χ1) is 16.2. The summed E-state index contributed by atoms with van der Waals surface area (Å²) >= 11 is 0. The van der Waals surface area contributed by atoms with Crippen LogP contribution in [0.1, 0.15) is 84.7 Å². The number of nitrogens with zero attached hydrogens (tertiary/aromatic N) is 4. The zero-order chi connectivity index (χ0) is 24.8. The van der Waals surface area contributed by atoms with Crippen LogP contribution in [0.25, 0.3) is 10.9 Å². The van der Waals surface area contributed by atoms with Gasteiger partial charge in [-0.05, 0) is 81.6 Å². The topological polar surface area (TPSA) is 41.4 Å². The van der Waals surface area contributed by atoms with Gasteiger partial charge >= 0.3 is 0 Å². The van der Waals surface area contributed by atoms with Gasteiger partial charge in [-0.15, -0.1) is 0 Å². The molecule has 0 saturated carbocycles. The minimum atomic E-state index is 0.122. The van der Waals surface area contributed by atoms with Crippen LogP contribution >= 0.6 is 0 Å². The van der Waals surface area contributed by atoms with E-state index in [2.05, 4.69) is 76.6 Å². The van der Waals surface area contributed by atoms with E-state index in [0.29, 0.717) is 18.4 Å². The Balaban J connectivity index is 1.90. The third kappa shape index (κ3) is 6.69. The molecule has 1 unspecified atom stereocenters. The van der Waals surface area contributed by atoms with Crippen molar-refractivity contribution >= 4 is 10.9 Å². The molecule has 0 aliphatic carbocycles. The molecule has 1 saturated heterocycles. The van der Waals surface area contributed by atoms with E-state index >= 15 is 0 Å². The summed E-state index contributed by atoms with van der Waals surface area (Å²) in [6, 6.07) is 6.55. The number of fused-ring (bicyclic) bond motifs is 1. The third-order valence-electron chi connectivity index (χ3n) is 7.43. The van der Waals surface area contributed by atoms with Crippen LogP contribution in [0.5, 0.6) is 0 Å². The molecular weight excluding hydrogens is 420 g/mol. The van der Waals surface area contributed by atoms with Crippen molar-refractivity contribution in [3.8, 4) is 0 Å². The number of likely N-dealkylation sites (N-methyl/N-ethyl adjacent to an activating group) is 1. The summed E-state index contributed by atoms with van der Waals surface area (Å²) in [7, 11) is 2.19. The highest BCUT2D eigenvalue weighted by atomic mass is 16.1. The molecule has 1 aromatic heterocycles. The molecule has 0 amide bonds. The van der Waals surface area contributed by atoms with Gasteiger partial charge in [0.15, 0.2) is 0 Å². The Labute approximate surface area is 207 Å². The maximum Gasteiger partial charge on any atom is 0.261 e. The summed E-state index contributed by atoms with van der Waals surface area (Å²) in [4.78, 5) is 23.8. The van der Waals surface area contributed by atoms with Crippen molar-refractivity contribution in [1.29, 1.82) is 0 Å². The van der Waals surface area contributed by atoms with Gasteiger partial charge in [-0.2, -0.15) is 0 Å². The lowest BCUT2D eigenvalue weighted by molar-refractivity contribution is 0.0836. The number of aromatic nitrogens is 2. The van der Waals surface area contributed by atoms with E-state index in [4.69, 9.17) is 4.98 Å². The van der Waals surface area contributed by atoms with E-state index in [0.717, 1.165) is 68.1 Å². The fraction of sp³-hybridized carbons (Fsp3) is 0.724. The molecular formula is C29H48N4O. The Hall–Kier alpha value is -1.72. The second kappa shape index (κ2) is 12.3. The molecule has 0 bridgehead atoms. The molecule has 3 rings (SSSR count). The average molecular weight is 469 g/mol. The van der Waals surface area contributed by atoms with Gasteiger partial charge in [-0.1, -0.05) is 47.1 Å². The molecule has 1 aromatic carbocycles. The van der Waals surface area contributed by atoms with Crippen LogP contribution in [0.4, 0.5) is 0 Å². The van der Waals surface area contributed by atoms with E-state index in [1.54, 1.807) is 0 Å². The molecule has 0 spiro atoms. The van der Waals surface area contributed by atoms with Gasteiger partial charge in [0.2, 0.25) is 0 Å². The highest BCUT2D eigenvalue weighted by molar-refractivity contribution is 5.78. The first kappa shape index (κ1) is 26.9. The predicted molar refractivity (Wildman–Crippen MR) is 144 cm³/mol. The van der Waals surface area contributed by atoms with Crippen LogP contribution in [0.2, 0.25) is 0 Å². The maximum absolute atomic E-state index is 13.7. The lowest BCUT2D eigenvalue weighted by Crippen LogP contribution is -2.43. The fourth-order valence-corrected chi connectivity index (χ4v) is 5.63. The van der Waals surface area contributed by atoms with Crippen molar-refractivity contribution in [3.05, 3.63) is 39.9 Å². The highest BCUT2D eigenvalue weighted by Gasteiger charge is 2.30. The van der Waals surface area contributed by atoms with Crippen molar-refractivity contribution in [2.24, 2.45) is 17.8 Å². The molecule has 1 aliphatic heterocycles. The third-order valence-corrected chi connectivity index (χ3v) is 7.43. The summed E-state index contributed by atoms with van der Waals surface area (Å²) in [6.45, 7) is 18.6. The Kier molecular flexibility index (Phi) is 9.73. The molecule has 2 heterocycles. The minimum absolute atomic E-state index is 0.122. The Bertz CT molecular complexity index is 972. The molecule has 0 N–H and O–H groups in total. The first-order valence-electron chi connectivity index (χ1n) is 13.7. The fourth-order valence-electron chi connectivity index (χ4n) is 5.63. The van der Waals surface area contributed by atoms with Crippen molar-refractivity contribution in [3.63, 3.8) is 0 Å². The Morgan fingerprint density at radius 2 is 1.79 bits per heavy atom. The van der Waals surface area contributed by atoms with Gasteiger partial charge in [0.25, 0.3) is 5.56 Å². The first-order valence-corrected chi connectivity index (χ1v) is 13.7. The molecule has 3 atom stereocenters. The number of benzene rings is 1. The molecule has 190 valence electrons. The second-order valence-corrected chi connectivity index (χ2v) is 11.3. The summed E-state index contributed by atoms with van der Waals surface area (Å²) in [5.74, 6) is 3.06. The van der Waals surface area contributed by atoms with Gasteiger partial charge in [0.1, 0.15) is 5.82 Å². The molecule has 0 radical (unpaired) electrons. The van der Waals surface area contributed by atoms with Crippen LogP contribution in [-0.2, 0) is 13.0 Å². The Morgan fingerprint density at radius 3 is 2.41 bits per heavy atom. The average Bonchev–Trinajstić information content (AvgIpc) is 2.79. The van der Waals surface area contributed by atoms with E-state index < -0.39 is 0 Å². The zero-order valence-electron chi connectivity index (χ0n) is 22.8. The van der Waals surface area contributed by atoms with Gasteiger partial charge in [0.05, 0.1) is 16.9 Å². The maximum atomic E-state index is 13.7. The van der Waals surface area contributed by atoms with Crippen molar-refractivity contribution in [1.82, 2.24) is 19.4 Å². The molecule has 1 aliphatic rings. The summed E-state index contributed by atoms with van der Waals surface area (Å²) in [5, 5.41) is 0.767. The van der Waals surface area contributed by atoms with Gasteiger partial charge in [0, 0.05) is 26.2 Å². The molecule has 1 fully saturated rings. The van der Waals surface area contributed by atoms with Crippen molar-refractivity contribution < 1.29 is 0 Å². The normalized spacial score (nSPS) is 20.5. The number of rotatable bonds is 11. The smallest absolute Gasteiger partial charge is 0.261 e. The minimum Gasteiger partial charge on any atom is -0.306 e. The van der Waals surface area contributed by atoms with E-state index in [1.807, 2.05) is 4.57 Å². The quantitative estimate of drug-likeness (QED) is 0.421. The zero-order valence-corrected chi connectivity index (χ0v) is 22.8. The summed E-state index contributed by atoms with van der Waals surface area (Å²) < 4.78 is 1.95. The predicted octanol–water partition coefficient (Wildman–Crippen LogP) is 5.76. The largest absolute Gasteiger partial charge is 0.306 e. The SMILES string of the molecule is CCCC(c1nc2ccc(CCN(C)CCC(C)C)cc2c(=O)n1CC)N1C[C@H](C)C[C@H](C)C1. The molecule has 2 aromatic rings. The lowest BCUT2D eigenvalue weighted by Gasteiger charge is -2.40. The second-order valence-electron chi connectivity index (χ2n) is 11.3. The van der Waals surface area contributed by atoms with Crippen LogP contribution < -0.4 is 5.56 Å². The Morgan fingerprint density at radius 1 is 1.09 bits per heavy atom. The molecule has 34 heavy (non-hydrogen) atoms. The number of piperidine rings is 1. The number of likely N-dealkylation sites (tertiary alicyclic amines) is 1. The standard InChI is InChI=1S/C29H48N4O/c1-8-10-27(32-19-22(5)17-23(6)20-32)28-30-26-12-11-24(14-16-31(7)15-13-21(3)4)18-25(26)29(34)33(28)9-2/h11-12,18,21-23,27H,8-10,13-17,19-20H2,1-7H3/t22-,23+,27?. The summed E-state index contributed by atoms with van der Waals surface area (Å²) in [5.41, 5.74) is 2.19. The number of hydrogen-bond donors (Lipinski definition) is 0. The highest BCUT2D eigenvalue weighted by Crippen LogP contribution is 2.32. The van der Waals surface area contributed by atoms with Gasteiger partial charge in [-0.25, -0.2) is 4.98 Å². The van der Waals surface area contributed by atoms with Crippen LogP contribution in [0, 0.1) is 17.8 Å². The van der Waals surface area contributed by atoms with Crippen LogP contribution in [0.3, 0.4) is 0 Å². The lowest BCUT2D eigenvalue weighted by atomic mass is 9.90. The molecule has 5 heteroatoms. The van der Waals surface area contributed by atoms with E-state index in [9.17, 15) is 4.79 Å². The molecule has 5 nitrogen and oxygen atoms in total. The van der Waals surface area contributed by atoms with Crippen LogP contribution in [0.15, 0.2) is 23.0 Å². The monoisotopic (exact) mass is 468 g/mol. The van der Waals surface area contributed by atoms with Gasteiger partial charge in [-0.3, -0.25) is 14.3 Å².